The molecular weight excluding hydrogens is 150 g/mol. The van der Waals surface area contributed by atoms with Gasteiger partial charge in [0.05, 0.1) is 6.54 Å². The van der Waals surface area contributed by atoms with Crippen molar-refractivity contribution in [2.75, 3.05) is 19.6 Å². The lowest BCUT2D eigenvalue weighted by Gasteiger charge is -2.15. The van der Waals surface area contributed by atoms with Crippen LogP contribution in [0.3, 0.4) is 0 Å². The van der Waals surface area contributed by atoms with Gasteiger partial charge in [0.2, 0.25) is 0 Å². The molecule has 0 aromatic rings. The van der Waals surface area contributed by atoms with Crippen molar-refractivity contribution in [1.82, 2.24) is 4.90 Å². The highest BCUT2D eigenvalue weighted by Crippen LogP contribution is 2.13. The molecule has 1 unspecified atom stereocenters. The molecule has 1 heterocycles. The van der Waals surface area contributed by atoms with Gasteiger partial charge in [-0.25, -0.2) is 4.99 Å². The number of likely N-dealkylation sites (tertiary alicyclic amines) is 1. The smallest absolute Gasteiger partial charge is 0.191 e. The van der Waals surface area contributed by atoms with E-state index in [-0.39, 0.29) is 0 Å². The zero-order valence-corrected chi connectivity index (χ0v) is 7.66. The van der Waals surface area contributed by atoms with Gasteiger partial charge < -0.3 is 10.6 Å². The number of nitrogens with two attached hydrogens (primary N) is 1. The van der Waals surface area contributed by atoms with Gasteiger partial charge in [0.15, 0.2) is 5.96 Å². The summed E-state index contributed by atoms with van der Waals surface area (Å²) in [6.45, 7) is 8.55. The molecule has 1 fully saturated rings. The lowest BCUT2D eigenvalue weighted by atomic mass is 10.2. The van der Waals surface area contributed by atoms with Gasteiger partial charge in [-0.2, -0.15) is 0 Å². The Kier molecular flexibility index (Phi) is 3.14. The van der Waals surface area contributed by atoms with Crippen molar-refractivity contribution in [2.45, 2.75) is 13.3 Å². The Hall–Kier alpha value is -0.990. The maximum Gasteiger partial charge on any atom is 0.191 e. The van der Waals surface area contributed by atoms with Crippen molar-refractivity contribution in [3.63, 3.8) is 0 Å². The highest BCUT2D eigenvalue weighted by atomic mass is 15.3. The molecule has 0 aromatic heterocycles. The van der Waals surface area contributed by atoms with Gasteiger partial charge in [0, 0.05) is 13.1 Å². The van der Waals surface area contributed by atoms with Crippen molar-refractivity contribution in [2.24, 2.45) is 16.6 Å². The third-order valence-electron chi connectivity index (χ3n) is 2.13. The maximum absolute atomic E-state index is 5.76. The van der Waals surface area contributed by atoms with Gasteiger partial charge in [-0.3, -0.25) is 0 Å². The quantitative estimate of drug-likeness (QED) is 0.376. The van der Waals surface area contributed by atoms with E-state index < -0.39 is 0 Å². The first kappa shape index (κ1) is 9.10. The minimum absolute atomic E-state index is 0.622. The zero-order chi connectivity index (χ0) is 8.97. The van der Waals surface area contributed by atoms with E-state index in [0.29, 0.717) is 12.5 Å². The predicted octanol–water partition coefficient (Wildman–Crippen LogP) is 0.829. The zero-order valence-electron chi connectivity index (χ0n) is 7.66. The molecule has 0 bridgehead atoms. The Balaban J connectivity index is 2.41. The van der Waals surface area contributed by atoms with Gasteiger partial charge in [0.1, 0.15) is 0 Å². The lowest BCUT2D eigenvalue weighted by Crippen LogP contribution is -2.35. The summed E-state index contributed by atoms with van der Waals surface area (Å²) in [5, 5.41) is 0. The van der Waals surface area contributed by atoms with Crippen LogP contribution in [-0.4, -0.2) is 30.5 Å². The molecule has 68 valence electrons. The molecule has 3 heteroatoms. The second-order valence-electron chi connectivity index (χ2n) is 3.33. The van der Waals surface area contributed by atoms with E-state index >= 15 is 0 Å². The van der Waals surface area contributed by atoms with Crippen molar-refractivity contribution in [3.8, 4) is 0 Å². The van der Waals surface area contributed by atoms with Gasteiger partial charge in [-0.1, -0.05) is 13.0 Å². The highest BCUT2D eigenvalue weighted by Gasteiger charge is 2.19. The second kappa shape index (κ2) is 4.14. The number of aliphatic imine (C=N–C) groups is 1. The number of hydrogen-bond donors (Lipinski definition) is 1. The monoisotopic (exact) mass is 167 g/mol. The summed E-state index contributed by atoms with van der Waals surface area (Å²) in [4.78, 5) is 6.29. The summed E-state index contributed by atoms with van der Waals surface area (Å²) < 4.78 is 0. The second-order valence-corrected chi connectivity index (χ2v) is 3.33. The van der Waals surface area contributed by atoms with Crippen LogP contribution in [0.1, 0.15) is 13.3 Å². The fourth-order valence-corrected chi connectivity index (χ4v) is 1.40. The molecule has 3 nitrogen and oxygen atoms in total. The standard InChI is InChI=1S/C9H17N3/c1-3-5-11-9(10)12-6-4-8(2)7-12/h3,8H,1,4-7H2,2H3,(H2,10,11). The Bertz CT molecular complexity index is 186. The van der Waals surface area contributed by atoms with E-state index in [4.69, 9.17) is 5.73 Å². The van der Waals surface area contributed by atoms with Gasteiger partial charge in [0.25, 0.3) is 0 Å². The molecule has 1 aliphatic rings. The molecule has 1 aliphatic heterocycles. The summed E-state index contributed by atoms with van der Waals surface area (Å²) in [5.41, 5.74) is 5.76. The van der Waals surface area contributed by atoms with Gasteiger partial charge in [-0.15, -0.1) is 6.58 Å². The molecule has 0 saturated carbocycles. The van der Waals surface area contributed by atoms with E-state index in [2.05, 4.69) is 23.4 Å². The largest absolute Gasteiger partial charge is 0.370 e. The minimum atomic E-state index is 0.622. The topological polar surface area (TPSA) is 41.6 Å². The number of hydrogen-bond acceptors (Lipinski definition) is 1. The van der Waals surface area contributed by atoms with Crippen molar-refractivity contribution in [3.05, 3.63) is 12.7 Å². The van der Waals surface area contributed by atoms with Crippen LogP contribution < -0.4 is 5.73 Å². The summed E-state index contributed by atoms with van der Waals surface area (Å²) >= 11 is 0. The first-order valence-corrected chi connectivity index (χ1v) is 4.39. The highest BCUT2D eigenvalue weighted by molar-refractivity contribution is 5.78. The molecule has 12 heavy (non-hydrogen) atoms. The van der Waals surface area contributed by atoms with E-state index in [9.17, 15) is 0 Å². The van der Waals surface area contributed by atoms with E-state index in [0.717, 1.165) is 19.0 Å². The van der Waals surface area contributed by atoms with Crippen LogP contribution >= 0.6 is 0 Å². The molecule has 0 aromatic carbocycles. The maximum atomic E-state index is 5.76. The van der Waals surface area contributed by atoms with Crippen molar-refractivity contribution in [1.29, 1.82) is 0 Å². The van der Waals surface area contributed by atoms with Gasteiger partial charge >= 0.3 is 0 Å². The fourth-order valence-electron chi connectivity index (χ4n) is 1.40. The summed E-state index contributed by atoms with van der Waals surface area (Å²) in [6.07, 6.45) is 2.98. The lowest BCUT2D eigenvalue weighted by molar-refractivity contribution is 0.487. The third kappa shape index (κ3) is 2.26. The molecule has 2 N–H and O–H groups in total. The molecule has 0 amide bonds. The summed E-state index contributed by atoms with van der Waals surface area (Å²) in [6, 6.07) is 0. The van der Waals surface area contributed by atoms with Crippen LogP contribution in [0.4, 0.5) is 0 Å². The van der Waals surface area contributed by atoms with Crippen LogP contribution in [0.2, 0.25) is 0 Å². The summed E-state index contributed by atoms with van der Waals surface area (Å²) in [5.74, 6) is 1.42. The van der Waals surface area contributed by atoms with Crippen LogP contribution in [0.25, 0.3) is 0 Å². The average molecular weight is 167 g/mol. The fraction of sp³-hybridized carbons (Fsp3) is 0.667. The van der Waals surface area contributed by atoms with Crippen molar-refractivity contribution < 1.29 is 0 Å². The van der Waals surface area contributed by atoms with Crippen molar-refractivity contribution >= 4 is 5.96 Å². The molecule has 0 radical (unpaired) electrons. The van der Waals surface area contributed by atoms with E-state index in [1.165, 1.54) is 6.42 Å². The predicted molar refractivity (Wildman–Crippen MR) is 52.0 cm³/mol. The normalized spacial score (nSPS) is 24.6. The number of rotatable bonds is 2. The van der Waals surface area contributed by atoms with Crippen LogP contribution in [0, 0.1) is 5.92 Å². The summed E-state index contributed by atoms with van der Waals surface area (Å²) in [7, 11) is 0. The van der Waals surface area contributed by atoms with Crippen LogP contribution in [-0.2, 0) is 0 Å². The molecular formula is C9H17N3. The SMILES string of the molecule is C=CCN=C(N)N1CCC(C)C1. The molecule has 1 rings (SSSR count). The third-order valence-corrected chi connectivity index (χ3v) is 2.13. The first-order chi connectivity index (χ1) is 5.74. The van der Waals surface area contributed by atoms with Crippen LogP contribution in [0.15, 0.2) is 17.6 Å². The minimum Gasteiger partial charge on any atom is -0.370 e. The average Bonchev–Trinajstić information content (AvgIpc) is 2.47. The number of nitrogens with zero attached hydrogens (tertiary/aromatic N) is 2. The molecule has 1 atom stereocenters. The Morgan fingerprint density at radius 2 is 2.58 bits per heavy atom. The van der Waals surface area contributed by atoms with E-state index in [1.54, 1.807) is 6.08 Å². The van der Waals surface area contributed by atoms with Gasteiger partial charge in [-0.05, 0) is 12.3 Å². The molecule has 1 saturated heterocycles. The van der Waals surface area contributed by atoms with Crippen LogP contribution in [0.5, 0.6) is 0 Å². The molecule has 0 spiro atoms. The Morgan fingerprint density at radius 1 is 1.83 bits per heavy atom. The Morgan fingerprint density at radius 3 is 3.08 bits per heavy atom. The molecule has 0 aliphatic carbocycles. The van der Waals surface area contributed by atoms with E-state index in [1.807, 2.05) is 0 Å². The first-order valence-electron chi connectivity index (χ1n) is 4.39. The number of guanidine groups is 1. The Labute approximate surface area is 74.0 Å².